The van der Waals surface area contributed by atoms with E-state index in [2.05, 4.69) is 10.1 Å². The van der Waals surface area contributed by atoms with Gasteiger partial charge in [0.25, 0.3) is 0 Å². The van der Waals surface area contributed by atoms with Crippen LogP contribution in [0.2, 0.25) is 0 Å². The quantitative estimate of drug-likeness (QED) is 0.858. The minimum Gasteiger partial charge on any atom is -0.381 e. The molecule has 0 aliphatic carbocycles. The van der Waals surface area contributed by atoms with Gasteiger partial charge in [0.15, 0.2) is 11.6 Å². The van der Waals surface area contributed by atoms with Crippen molar-refractivity contribution in [2.24, 2.45) is 0 Å². The molecule has 1 aromatic heterocycles. The zero-order valence-electron chi connectivity index (χ0n) is 13.5. The minimum absolute atomic E-state index is 0.0461. The molecular formula is C16H19F3N4O. The van der Waals surface area contributed by atoms with Crippen molar-refractivity contribution in [1.82, 2.24) is 14.8 Å². The van der Waals surface area contributed by atoms with Crippen molar-refractivity contribution in [1.29, 1.82) is 0 Å². The van der Waals surface area contributed by atoms with Crippen LogP contribution in [0, 0.1) is 0 Å². The number of rotatable bonds is 4. The summed E-state index contributed by atoms with van der Waals surface area (Å²) in [5.41, 5.74) is 1.50. The summed E-state index contributed by atoms with van der Waals surface area (Å²) in [4.78, 5) is 6.29. The van der Waals surface area contributed by atoms with Crippen LogP contribution >= 0.6 is 0 Å². The van der Waals surface area contributed by atoms with Crippen molar-refractivity contribution in [2.75, 3.05) is 32.2 Å². The predicted octanol–water partition coefficient (Wildman–Crippen LogP) is 3.08. The van der Waals surface area contributed by atoms with E-state index in [0.717, 1.165) is 16.8 Å². The molecule has 1 saturated heterocycles. The molecule has 0 bridgehead atoms. The van der Waals surface area contributed by atoms with E-state index in [1.807, 2.05) is 31.1 Å². The lowest BCUT2D eigenvalue weighted by Crippen LogP contribution is -2.19. The standard InChI is InChI=1S/C16H19F3N4O/c1-22(2)13-5-3-4-11(8-13)15-20-14(12-6-7-24-9-12)21-23(15)10-16(17,18)19/h3-5,8,12H,6-7,9-10H2,1-2H3/t12-/m1/s1. The summed E-state index contributed by atoms with van der Waals surface area (Å²) in [5, 5.41) is 4.12. The van der Waals surface area contributed by atoms with Crippen LogP contribution in [0.25, 0.3) is 11.4 Å². The van der Waals surface area contributed by atoms with Crippen LogP contribution in [0.5, 0.6) is 0 Å². The Morgan fingerprint density at radius 3 is 2.75 bits per heavy atom. The highest BCUT2D eigenvalue weighted by Gasteiger charge is 2.32. The maximum absolute atomic E-state index is 12.9. The highest BCUT2D eigenvalue weighted by atomic mass is 19.4. The van der Waals surface area contributed by atoms with E-state index in [4.69, 9.17) is 4.74 Å². The molecule has 1 aromatic carbocycles. The lowest BCUT2D eigenvalue weighted by molar-refractivity contribution is -0.142. The molecule has 2 aromatic rings. The van der Waals surface area contributed by atoms with Crippen LogP contribution in [0.15, 0.2) is 24.3 Å². The molecule has 0 spiro atoms. The van der Waals surface area contributed by atoms with Gasteiger partial charge >= 0.3 is 6.18 Å². The number of anilines is 1. The van der Waals surface area contributed by atoms with Gasteiger partial charge in [-0.25, -0.2) is 9.67 Å². The summed E-state index contributed by atoms with van der Waals surface area (Å²) < 4.78 is 45.0. The van der Waals surface area contributed by atoms with E-state index in [1.165, 1.54) is 0 Å². The molecule has 130 valence electrons. The molecule has 5 nitrogen and oxygen atoms in total. The molecule has 0 N–H and O–H groups in total. The molecule has 0 saturated carbocycles. The first-order valence-corrected chi connectivity index (χ1v) is 7.70. The highest BCUT2D eigenvalue weighted by molar-refractivity contribution is 5.63. The number of halogens is 3. The van der Waals surface area contributed by atoms with Gasteiger partial charge in [0.05, 0.1) is 6.61 Å². The molecule has 24 heavy (non-hydrogen) atoms. The third kappa shape index (κ3) is 3.69. The fraction of sp³-hybridized carbons (Fsp3) is 0.500. The number of aromatic nitrogens is 3. The number of ether oxygens (including phenoxy) is 1. The second-order valence-electron chi connectivity index (χ2n) is 6.07. The Labute approximate surface area is 138 Å². The van der Waals surface area contributed by atoms with Crippen molar-refractivity contribution < 1.29 is 17.9 Å². The van der Waals surface area contributed by atoms with Gasteiger partial charge in [-0.3, -0.25) is 0 Å². The van der Waals surface area contributed by atoms with E-state index >= 15 is 0 Å². The van der Waals surface area contributed by atoms with Crippen molar-refractivity contribution in [3.8, 4) is 11.4 Å². The molecule has 1 fully saturated rings. The molecule has 8 heteroatoms. The summed E-state index contributed by atoms with van der Waals surface area (Å²) in [6, 6.07) is 7.25. The third-order valence-electron chi connectivity index (χ3n) is 3.93. The zero-order chi connectivity index (χ0) is 17.3. The number of nitrogens with zero attached hydrogens (tertiary/aromatic N) is 4. The molecule has 1 atom stereocenters. The first-order chi connectivity index (χ1) is 11.3. The van der Waals surface area contributed by atoms with Crippen molar-refractivity contribution in [3.63, 3.8) is 0 Å². The van der Waals surface area contributed by atoms with Crippen LogP contribution in [0.1, 0.15) is 18.2 Å². The number of hydrogen-bond donors (Lipinski definition) is 0. The van der Waals surface area contributed by atoms with Gasteiger partial charge in [0.2, 0.25) is 0 Å². The Hall–Kier alpha value is -2.09. The average molecular weight is 340 g/mol. The van der Waals surface area contributed by atoms with Crippen LogP contribution in [-0.4, -0.2) is 48.2 Å². The second kappa shape index (κ2) is 6.43. The summed E-state index contributed by atoms with van der Waals surface area (Å²) >= 11 is 0. The van der Waals surface area contributed by atoms with Gasteiger partial charge in [-0.2, -0.15) is 18.3 Å². The SMILES string of the molecule is CN(C)c1cccc(-c2nc([C@@H]3CCOC3)nn2CC(F)(F)F)c1. The Bertz CT molecular complexity index is 706. The van der Waals surface area contributed by atoms with Gasteiger partial charge in [-0.15, -0.1) is 0 Å². The normalized spacial score (nSPS) is 18.1. The molecule has 1 aliphatic rings. The van der Waals surface area contributed by atoms with E-state index in [1.54, 1.807) is 12.1 Å². The fourth-order valence-electron chi connectivity index (χ4n) is 2.69. The third-order valence-corrected chi connectivity index (χ3v) is 3.93. The second-order valence-corrected chi connectivity index (χ2v) is 6.07. The lowest BCUT2D eigenvalue weighted by Gasteiger charge is -2.14. The molecule has 2 heterocycles. The lowest BCUT2D eigenvalue weighted by atomic mass is 10.1. The van der Waals surface area contributed by atoms with Gasteiger partial charge < -0.3 is 9.64 Å². The average Bonchev–Trinajstić information content (AvgIpc) is 3.15. The largest absolute Gasteiger partial charge is 0.408 e. The Morgan fingerprint density at radius 2 is 2.12 bits per heavy atom. The van der Waals surface area contributed by atoms with E-state index in [-0.39, 0.29) is 11.7 Å². The van der Waals surface area contributed by atoms with Crippen LogP contribution in [0.4, 0.5) is 18.9 Å². The Morgan fingerprint density at radius 1 is 1.33 bits per heavy atom. The number of alkyl halides is 3. The number of benzene rings is 1. The smallest absolute Gasteiger partial charge is 0.381 e. The minimum atomic E-state index is -4.36. The highest BCUT2D eigenvalue weighted by Crippen LogP contribution is 2.29. The van der Waals surface area contributed by atoms with Crippen LogP contribution in [-0.2, 0) is 11.3 Å². The van der Waals surface area contributed by atoms with E-state index in [0.29, 0.717) is 24.6 Å². The fourth-order valence-corrected chi connectivity index (χ4v) is 2.69. The maximum atomic E-state index is 12.9. The predicted molar refractivity (Wildman–Crippen MR) is 84.0 cm³/mol. The van der Waals surface area contributed by atoms with Crippen LogP contribution in [0.3, 0.4) is 0 Å². The molecular weight excluding hydrogens is 321 g/mol. The molecule has 0 amide bonds. The summed E-state index contributed by atoms with van der Waals surface area (Å²) in [6.07, 6.45) is -3.63. The van der Waals surface area contributed by atoms with E-state index in [9.17, 15) is 13.2 Å². The molecule has 0 unspecified atom stereocenters. The van der Waals surface area contributed by atoms with Gasteiger partial charge in [0, 0.05) is 37.9 Å². The molecule has 0 radical (unpaired) electrons. The van der Waals surface area contributed by atoms with Crippen LogP contribution < -0.4 is 4.90 Å². The van der Waals surface area contributed by atoms with E-state index < -0.39 is 12.7 Å². The Kier molecular flexibility index (Phi) is 4.49. The summed E-state index contributed by atoms with van der Waals surface area (Å²) in [5.74, 6) is 0.607. The monoisotopic (exact) mass is 340 g/mol. The zero-order valence-corrected chi connectivity index (χ0v) is 13.5. The topological polar surface area (TPSA) is 43.2 Å². The van der Waals surface area contributed by atoms with Crippen molar-refractivity contribution in [2.45, 2.75) is 25.1 Å². The molecule has 3 rings (SSSR count). The first-order valence-electron chi connectivity index (χ1n) is 7.70. The maximum Gasteiger partial charge on any atom is 0.408 e. The first kappa shape index (κ1) is 16.8. The summed E-state index contributed by atoms with van der Waals surface area (Å²) in [6.45, 7) is -0.119. The van der Waals surface area contributed by atoms with Crippen molar-refractivity contribution >= 4 is 5.69 Å². The Balaban J connectivity index is 2.02. The summed E-state index contributed by atoms with van der Waals surface area (Å²) in [7, 11) is 3.75. The van der Waals surface area contributed by atoms with Crippen molar-refractivity contribution in [3.05, 3.63) is 30.1 Å². The van der Waals surface area contributed by atoms with Gasteiger partial charge in [0.1, 0.15) is 6.54 Å². The number of hydrogen-bond acceptors (Lipinski definition) is 4. The molecule has 1 aliphatic heterocycles. The van der Waals surface area contributed by atoms with Gasteiger partial charge in [-0.1, -0.05) is 12.1 Å². The van der Waals surface area contributed by atoms with Gasteiger partial charge in [-0.05, 0) is 18.6 Å².